The van der Waals surface area contributed by atoms with Gasteiger partial charge in [0, 0.05) is 5.75 Å². The summed E-state index contributed by atoms with van der Waals surface area (Å²) in [5.41, 5.74) is 12.0. The largest absolute Gasteiger partial charge is 0.508 e. The summed E-state index contributed by atoms with van der Waals surface area (Å²) in [6.07, 6.45) is 2.86. The number of nitrogens with two attached hydrogens (primary N) is 2. The van der Waals surface area contributed by atoms with Gasteiger partial charge in [0.25, 0.3) is 0 Å². The predicted molar refractivity (Wildman–Crippen MR) is 106 cm³/mol. The third-order valence-corrected chi connectivity index (χ3v) is 4.37. The average molecular weight is 397 g/mol. The van der Waals surface area contributed by atoms with Crippen LogP contribution in [0.4, 0.5) is 0 Å². The molecular formula is C18H28N4O4S. The first kappa shape index (κ1) is 22.9. The van der Waals surface area contributed by atoms with Gasteiger partial charge in [0.2, 0.25) is 11.8 Å². The molecule has 0 aliphatic rings. The maximum atomic E-state index is 12.4. The zero-order valence-corrected chi connectivity index (χ0v) is 16.0. The molecule has 27 heavy (non-hydrogen) atoms. The number of hydrogen-bond donors (Lipinski definition) is 6. The molecule has 0 spiro atoms. The number of thiol groups is 1. The van der Waals surface area contributed by atoms with Crippen LogP contribution in [0.1, 0.15) is 24.8 Å². The van der Waals surface area contributed by atoms with Crippen molar-refractivity contribution in [3.63, 3.8) is 0 Å². The summed E-state index contributed by atoms with van der Waals surface area (Å²) in [5, 5.41) is 14.4. The van der Waals surface area contributed by atoms with Crippen molar-refractivity contribution in [2.75, 3.05) is 12.3 Å². The van der Waals surface area contributed by atoms with Crippen molar-refractivity contribution >= 4 is 30.7 Å². The number of phenolic OH excluding ortho intramolecular Hbond substituents is 1. The van der Waals surface area contributed by atoms with Crippen LogP contribution in [-0.4, -0.2) is 53.6 Å². The Morgan fingerprint density at radius 1 is 1.15 bits per heavy atom. The fraction of sp³-hybridized carbons (Fsp3) is 0.500. The van der Waals surface area contributed by atoms with Gasteiger partial charge in [0.05, 0.1) is 12.1 Å². The average Bonchev–Trinajstić information content (AvgIpc) is 2.66. The number of unbranched alkanes of at least 4 members (excludes halogenated alkanes) is 1. The summed E-state index contributed by atoms with van der Waals surface area (Å²) in [5.74, 6) is -0.769. The van der Waals surface area contributed by atoms with Crippen molar-refractivity contribution in [1.29, 1.82) is 0 Å². The predicted octanol–water partition coefficient (Wildman–Crippen LogP) is -0.511. The van der Waals surface area contributed by atoms with Gasteiger partial charge >= 0.3 is 0 Å². The Bertz CT molecular complexity index is 612. The maximum absolute atomic E-state index is 12.4. The number of benzene rings is 1. The Morgan fingerprint density at radius 2 is 1.81 bits per heavy atom. The van der Waals surface area contributed by atoms with Crippen LogP contribution in [0.15, 0.2) is 24.3 Å². The first-order valence-electron chi connectivity index (χ1n) is 8.81. The van der Waals surface area contributed by atoms with Gasteiger partial charge < -0.3 is 32.0 Å². The van der Waals surface area contributed by atoms with E-state index in [1.54, 1.807) is 12.1 Å². The molecule has 8 nitrogen and oxygen atoms in total. The monoisotopic (exact) mass is 396 g/mol. The van der Waals surface area contributed by atoms with Crippen LogP contribution in [0.5, 0.6) is 5.75 Å². The van der Waals surface area contributed by atoms with Crippen LogP contribution < -0.4 is 22.1 Å². The standard InChI is InChI=1S/C18H28N4O4S/c19-8-2-1-3-15(20)17(25)22-16(11-27)18(26)21-13(10-23)9-12-4-6-14(24)7-5-12/h4-7,10,13,15-16,24,27H,1-3,8-9,11,19-20H2,(H,21,26)(H,22,25)/t13-,15-,16-/m0/s1. The van der Waals surface area contributed by atoms with Crippen molar-refractivity contribution in [2.45, 2.75) is 43.8 Å². The molecule has 0 fully saturated rings. The number of phenols is 1. The number of carbonyl (C=O) groups excluding carboxylic acids is 3. The smallest absolute Gasteiger partial charge is 0.244 e. The second kappa shape index (κ2) is 12.3. The Morgan fingerprint density at radius 3 is 2.37 bits per heavy atom. The van der Waals surface area contributed by atoms with E-state index < -0.39 is 29.9 Å². The van der Waals surface area contributed by atoms with Crippen molar-refractivity contribution in [3.8, 4) is 5.75 Å². The van der Waals surface area contributed by atoms with Crippen LogP contribution in [-0.2, 0) is 20.8 Å². The molecule has 3 atom stereocenters. The van der Waals surface area contributed by atoms with Gasteiger partial charge in [-0.15, -0.1) is 0 Å². The van der Waals surface area contributed by atoms with Gasteiger partial charge in [-0.3, -0.25) is 9.59 Å². The molecule has 0 saturated heterocycles. The van der Waals surface area contributed by atoms with Crippen molar-refractivity contribution in [1.82, 2.24) is 10.6 Å². The molecule has 7 N–H and O–H groups in total. The van der Waals surface area contributed by atoms with Gasteiger partial charge in [-0.1, -0.05) is 18.6 Å². The fourth-order valence-electron chi connectivity index (χ4n) is 2.41. The lowest BCUT2D eigenvalue weighted by atomic mass is 10.1. The minimum Gasteiger partial charge on any atom is -0.508 e. The Kier molecular flexibility index (Phi) is 10.5. The summed E-state index contributed by atoms with van der Waals surface area (Å²) in [7, 11) is 0. The van der Waals surface area contributed by atoms with E-state index in [1.165, 1.54) is 12.1 Å². The van der Waals surface area contributed by atoms with E-state index in [4.69, 9.17) is 11.5 Å². The number of rotatable bonds is 12. The molecule has 1 aromatic rings. The lowest BCUT2D eigenvalue weighted by Crippen LogP contribution is -2.54. The number of aldehydes is 1. The molecule has 150 valence electrons. The first-order chi connectivity index (χ1) is 12.9. The van der Waals surface area contributed by atoms with Crippen molar-refractivity contribution < 1.29 is 19.5 Å². The summed E-state index contributed by atoms with van der Waals surface area (Å²) >= 11 is 4.10. The molecular weight excluding hydrogens is 368 g/mol. The van der Waals surface area contributed by atoms with Crippen LogP contribution in [0, 0.1) is 0 Å². The highest BCUT2D eigenvalue weighted by Crippen LogP contribution is 2.11. The van der Waals surface area contributed by atoms with Crippen LogP contribution in [0.25, 0.3) is 0 Å². The van der Waals surface area contributed by atoms with Gasteiger partial charge in [-0.25, -0.2) is 0 Å². The van der Waals surface area contributed by atoms with E-state index >= 15 is 0 Å². The molecule has 0 radical (unpaired) electrons. The number of hydrogen-bond acceptors (Lipinski definition) is 7. The van der Waals surface area contributed by atoms with Crippen LogP contribution in [0.3, 0.4) is 0 Å². The number of carbonyl (C=O) groups is 3. The topological polar surface area (TPSA) is 148 Å². The van der Waals surface area contributed by atoms with Gasteiger partial charge in [0.15, 0.2) is 0 Å². The molecule has 0 aromatic heterocycles. The third-order valence-electron chi connectivity index (χ3n) is 4.01. The maximum Gasteiger partial charge on any atom is 0.244 e. The summed E-state index contributed by atoms with van der Waals surface area (Å²) in [6, 6.07) is 3.93. The molecule has 0 bridgehead atoms. The Hall–Kier alpha value is -2.10. The van der Waals surface area contributed by atoms with Crippen LogP contribution >= 0.6 is 12.6 Å². The minimum atomic E-state index is -0.899. The normalized spacial score (nSPS) is 14.0. The molecule has 0 unspecified atom stereocenters. The van der Waals surface area contributed by atoms with E-state index in [-0.39, 0.29) is 17.9 Å². The highest BCUT2D eigenvalue weighted by Gasteiger charge is 2.24. The fourth-order valence-corrected chi connectivity index (χ4v) is 2.67. The van der Waals surface area contributed by atoms with Gasteiger partial charge in [-0.05, 0) is 43.5 Å². The third kappa shape index (κ3) is 8.42. The lowest BCUT2D eigenvalue weighted by molar-refractivity contribution is -0.130. The molecule has 9 heteroatoms. The van der Waals surface area contributed by atoms with Crippen molar-refractivity contribution in [2.24, 2.45) is 11.5 Å². The molecule has 0 saturated carbocycles. The van der Waals surface area contributed by atoms with Crippen molar-refractivity contribution in [3.05, 3.63) is 29.8 Å². The number of aromatic hydroxyl groups is 1. The summed E-state index contributed by atoms with van der Waals surface area (Å²) < 4.78 is 0. The molecule has 0 aliphatic carbocycles. The molecule has 1 rings (SSSR count). The first-order valence-corrected chi connectivity index (χ1v) is 9.45. The Balaban J connectivity index is 2.58. The molecule has 0 heterocycles. The van der Waals surface area contributed by atoms with Gasteiger partial charge in [0.1, 0.15) is 18.1 Å². The molecule has 2 amide bonds. The quantitative estimate of drug-likeness (QED) is 0.159. The van der Waals surface area contributed by atoms with E-state index in [2.05, 4.69) is 23.3 Å². The summed E-state index contributed by atoms with van der Waals surface area (Å²) in [4.78, 5) is 35.8. The molecule has 0 aliphatic heterocycles. The lowest BCUT2D eigenvalue weighted by Gasteiger charge is -2.21. The van der Waals surface area contributed by atoms with E-state index in [1.807, 2.05) is 0 Å². The zero-order chi connectivity index (χ0) is 20.2. The minimum absolute atomic E-state index is 0.0673. The molecule has 1 aromatic carbocycles. The van der Waals surface area contributed by atoms with E-state index in [0.717, 1.165) is 18.4 Å². The van der Waals surface area contributed by atoms with E-state index in [9.17, 15) is 19.5 Å². The highest BCUT2D eigenvalue weighted by atomic mass is 32.1. The van der Waals surface area contributed by atoms with Gasteiger partial charge in [-0.2, -0.15) is 12.6 Å². The summed E-state index contributed by atoms with van der Waals surface area (Å²) in [6.45, 7) is 0.532. The number of nitrogens with one attached hydrogen (secondary N) is 2. The highest BCUT2D eigenvalue weighted by molar-refractivity contribution is 7.80. The zero-order valence-electron chi connectivity index (χ0n) is 15.1. The second-order valence-corrected chi connectivity index (χ2v) is 6.62. The van der Waals surface area contributed by atoms with Crippen LogP contribution in [0.2, 0.25) is 0 Å². The second-order valence-electron chi connectivity index (χ2n) is 6.26. The number of amides is 2. The van der Waals surface area contributed by atoms with E-state index in [0.29, 0.717) is 19.3 Å². The Labute approximate surface area is 164 Å². The SMILES string of the molecule is NCCCC[C@H](N)C(=O)N[C@@H](CS)C(=O)N[C@H](C=O)Cc1ccc(O)cc1.